The van der Waals surface area contributed by atoms with Crippen LogP contribution in [0, 0.1) is 6.92 Å². The number of tetrazole rings is 1. The van der Waals surface area contributed by atoms with Crippen LogP contribution in [0.5, 0.6) is 0 Å². The lowest BCUT2D eigenvalue weighted by Gasteiger charge is -2.29. The third-order valence-corrected chi connectivity index (χ3v) is 7.09. The summed E-state index contributed by atoms with van der Waals surface area (Å²) in [5, 5.41) is 11.8. The molecule has 2 aromatic carbocycles. The van der Waals surface area contributed by atoms with Gasteiger partial charge in [-0.3, -0.25) is 9.69 Å². The Morgan fingerprint density at radius 2 is 1.85 bits per heavy atom. The fourth-order valence-electron chi connectivity index (χ4n) is 5.31. The standard InChI is InChI=1S/C26H32N6O/c1-20-9-4-5-12-24(20)22-11-8-10-21(15-22)17-31-18-23(32-19-27-28-29-32)16-25(31)26(33)30-13-6-2-3-7-14-30/h4-5,8-12,15,19,23,25H,2-3,6-7,13-14,16-18H2,1H3/t23-,25+/m1/s1. The van der Waals surface area contributed by atoms with Crippen LogP contribution in [-0.4, -0.2) is 61.6 Å². The molecule has 2 aliphatic rings. The van der Waals surface area contributed by atoms with Gasteiger partial charge >= 0.3 is 0 Å². The quantitative estimate of drug-likeness (QED) is 0.598. The van der Waals surface area contributed by atoms with Crippen molar-refractivity contribution in [2.75, 3.05) is 19.6 Å². The Morgan fingerprint density at radius 3 is 2.61 bits per heavy atom. The predicted molar refractivity (Wildman–Crippen MR) is 127 cm³/mol. The average Bonchev–Trinajstić information content (AvgIpc) is 3.43. The second-order valence-corrected chi connectivity index (χ2v) is 9.38. The first-order valence-electron chi connectivity index (χ1n) is 12.1. The molecule has 2 fully saturated rings. The molecule has 7 nitrogen and oxygen atoms in total. The van der Waals surface area contributed by atoms with E-state index in [9.17, 15) is 4.79 Å². The molecule has 1 amide bonds. The van der Waals surface area contributed by atoms with Crippen molar-refractivity contribution in [1.29, 1.82) is 0 Å². The molecule has 3 aromatic rings. The van der Waals surface area contributed by atoms with Gasteiger partial charge < -0.3 is 4.90 Å². The summed E-state index contributed by atoms with van der Waals surface area (Å²) >= 11 is 0. The van der Waals surface area contributed by atoms with Crippen molar-refractivity contribution in [3.8, 4) is 11.1 Å². The van der Waals surface area contributed by atoms with Crippen molar-refractivity contribution in [2.24, 2.45) is 0 Å². The van der Waals surface area contributed by atoms with Gasteiger partial charge in [0.15, 0.2) is 0 Å². The van der Waals surface area contributed by atoms with E-state index in [2.05, 4.69) is 80.8 Å². The highest BCUT2D eigenvalue weighted by molar-refractivity contribution is 5.82. The summed E-state index contributed by atoms with van der Waals surface area (Å²) in [6, 6.07) is 17.2. The number of aryl methyl sites for hydroxylation is 1. The third-order valence-electron chi connectivity index (χ3n) is 7.09. The van der Waals surface area contributed by atoms with Gasteiger partial charge in [0.25, 0.3) is 0 Å². The van der Waals surface area contributed by atoms with E-state index in [1.165, 1.54) is 35.1 Å². The number of carbonyl (C=O) groups excluding carboxylic acids is 1. The second kappa shape index (κ2) is 9.83. The molecule has 0 N–H and O–H groups in total. The van der Waals surface area contributed by atoms with Gasteiger partial charge in [-0.25, -0.2) is 4.68 Å². The lowest BCUT2D eigenvalue weighted by Crippen LogP contribution is -2.45. The molecule has 0 radical (unpaired) electrons. The van der Waals surface area contributed by atoms with Gasteiger partial charge in [-0.15, -0.1) is 5.10 Å². The monoisotopic (exact) mass is 444 g/mol. The van der Waals surface area contributed by atoms with Crippen molar-refractivity contribution in [3.05, 3.63) is 66.0 Å². The van der Waals surface area contributed by atoms with Crippen LogP contribution in [0.2, 0.25) is 0 Å². The van der Waals surface area contributed by atoms with Gasteiger partial charge in [-0.05, 0) is 64.9 Å². The summed E-state index contributed by atoms with van der Waals surface area (Å²) in [5.41, 5.74) is 4.97. The predicted octanol–water partition coefficient (Wildman–Crippen LogP) is 3.87. The SMILES string of the molecule is Cc1ccccc1-c1cccc(CN2C[C@H](n3cnnn3)C[C@H]2C(=O)N2CCCCCC2)c1. The van der Waals surface area contributed by atoms with Crippen molar-refractivity contribution in [2.45, 2.75) is 57.7 Å². The minimum absolute atomic E-state index is 0.112. The fourth-order valence-corrected chi connectivity index (χ4v) is 5.31. The van der Waals surface area contributed by atoms with E-state index in [1.54, 1.807) is 6.33 Å². The highest BCUT2D eigenvalue weighted by atomic mass is 16.2. The number of amides is 1. The molecule has 2 atom stereocenters. The lowest BCUT2D eigenvalue weighted by atomic mass is 9.99. The van der Waals surface area contributed by atoms with Crippen LogP contribution in [0.4, 0.5) is 0 Å². The van der Waals surface area contributed by atoms with E-state index >= 15 is 0 Å². The van der Waals surface area contributed by atoms with Gasteiger partial charge in [0.2, 0.25) is 5.91 Å². The van der Waals surface area contributed by atoms with Gasteiger partial charge in [-0.2, -0.15) is 0 Å². The topological polar surface area (TPSA) is 67.2 Å². The number of nitrogens with zero attached hydrogens (tertiary/aromatic N) is 6. The lowest BCUT2D eigenvalue weighted by molar-refractivity contribution is -0.136. The summed E-state index contributed by atoms with van der Waals surface area (Å²) in [6.07, 6.45) is 7.06. The van der Waals surface area contributed by atoms with Gasteiger partial charge in [-0.1, -0.05) is 55.3 Å². The summed E-state index contributed by atoms with van der Waals surface area (Å²) < 4.78 is 1.81. The van der Waals surface area contributed by atoms with Crippen LogP contribution < -0.4 is 0 Å². The largest absolute Gasteiger partial charge is 0.341 e. The maximum Gasteiger partial charge on any atom is 0.240 e. The molecule has 5 rings (SSSR count). The molecule has 0 aliphatic carbocycles. The Kier molecular flexibility index (Phi) is 6.48. The maximum atomic E-state index is 13.6. The molecule has 0 spiro atoms. The molecule has 3 heterocycles. The molecule has 172 valence electrons. The van der Waals surface area contributed by atoms with E-state index in [0.717, 1.165) is 45.4 Å². The molecule has 2 aliphatic heterocycles. The minimum Gasteiger partial charge on any atom is -0.341 e. The van der Waals surface area contributed by atoms with E-state index < -0.39 is 0 Å². The Balaban J connectivity index is 1.39. The van der Waals surface area contributed by atoms with Gasteiger partial charge in [0.05, 0.1) is 12.1 Å². The van der Waals surface area contributed by atoms with Crippen molar-refractivity contribution >= 4 is 5.91 Å². The van der Waals surface area contributed by atoms with Crippen molar-refractivity contribution in [3.63, 3.8) is 0 Å². The van der Waals surface area contributed by atoms with E-state index in [4.69, 9.17) is 0 Å². The highest BCUT2D eigenvalue weighted by Gasteiger charge is 2.40. The summed E-state index contributed by atoms with van der Waals surface area (Å²) in [7, 11) is 0. The molecule has 0 unspecified atom stereocenters. The number of hydrogen-bond acceptors (Lipinski definition) is 5. The average molecular weight is 445 g/mol. The van der Waals surface area contributed by atoms with Crippen LogP contribution in [-0.2, 0) is 11.3 Å². The maximum absolute atomic E-state index is 13.6. The third kappa shape index (κ3) is 4.83. The zero-order valence-electron chi connectivity index (χ0n) is 19.3. The number of aromatic nitrogens is 4. The Labute approximate surface area is 195 Å². The smallest absolute Gasteiger partial charge is 0.240 e. The van der Waals surface area contributed by atoms with Crippen molar-refractivity contribution < 1.29 is 4.79 Å². The van der Waals surface area contributed by atoms with Crippen LogP contribution in [0.1, 0.15) is 49.3 Å². The van der Waals surface area contributed by atoms with E-state index in [-0.39, 0.29) is 18.0 Å². The van der Waals surface area contributed by atoms with Gasteiger partial charge in [0, 0.05) is 26.2 Å². The molecular weight excluding hydrogens is 412 g/mol. The first-order valence-corrected chi connectivity index (χ1v) is 12.1. The molecule has 7 heteroatoms. The van der Waals surface area contributed by atoms with Crippen LogP contribution in [0.25, 0.3) is 11.1 Å². The number of rotatable bonds is 5. The first kappa shape index (κ1) is 21.8. The van der Waals surface area contributed by atoms with Crippen LogP contribution in [0.3, 0.4) is 0 Å². The molecule has 2 saturated heterocycles. The number of benzene rings is 2. The fraction of sp³-hybridized carbons (Fsp3) is 0.462. The molecule has 0 saturated carbocycles. The normalized spacial score (nSPS) is 21.8. The zero-order valence-corrected chi connectivity index (χ0v) is 19.3. The Bertz CT molecular complexity index is 1070. The second-order valence-electron chi connectivity index (χ2n) is 9.38. The summed E-state index contributed by atoms with van der Waals surface area (Å²) in [6.45, 7) is 5.41. The molecule has 0 bridgehead atoms. The van der Waals surface area contributed by atoms with Gasteiger partial charge in [0.1, 0.15) is 6.33 Å². The minimum atomic E-state index is -0.139. The summed E-state index contributed by atoms with van der Waals surface area (Å²) in [4.78, 5) is 18.0. The molecule has 1 aromatic heterocycles. The van der Waals surface area contributed by atoms with Crippen LogP contribution in [0.15, 0.2) is 54.9 Å². The molecule has 33 heavy (non-hydrogen) atoms. The van der Waals surface area contributed by atoms with Crippen molar-refractivity contribution in [1.82, 2.24) is 30.0 Å². The number of carbonyl (C=O) groups is 1. The first-order chi connectivity index (χ1) is 16.2. The number of likely N-dealkylation sites (tertiary alicyclic amines) is 2. The molecular formula is C26H32N6O. The van der Waals surface area contributed by atoms with Crippen LogP contribution >= 0.6 is 0 Å². The summed E-state index contributed by atoms with van der Waals surface area (Å²) in [5.74, 6) is 0.266. The number of hydrogen-bond donors (Lipinski definition) is 0. The Hall–Kier alpha value is -3.06. The van der Waals surface area contributed by atoms with E-state index in [1.807, 2.05) is 4.68 Å². The highest BCUT2D eigenvalue weighted by Crippen LogP contribution is 2.31. The zero-order chi connectivity index (χ0) is 22.6. The Morgan fingerprint density at radius 1 is 1.03 bits per heavy atom. The van der Waals surface area contributed by atoms with E-state index in [0.29, 0.717) is 0 Å².